The number of hydrogen-bond acceptors (Lipinski definition) is 4. The topological polar surface area (TPSA) is 95.5 Å². The summed E-state index contributed by atoms with van der Waals surface area (Å²) < 4.78 is 27.1. The molecule has 0 spiro atoms. The number of hydrogen-bond donors (Lipinski definition) is 3. The average Bonchev–Trinajstić information content (AvgIpc) is 2.53. The third-order valence-corrected chi connectivity index (χ3v) is 4.40. The van der Waals surface area contributed by atoms with Gasteiger partial charge in [0, 0.05) is 11.8 Å². The Labute approximate surface area is 134 Å². The molecule has 0 aliphatic rings. The molecule has 0 saturated carbocycles. The first-order valence-electron chi connectivity index (χ1n) is 6.72. The summed E-state index contributed by atoms with van der Waals surface area (Å²) in [5, 5.41) is 8.42. The summed E-state index contributed by atoms with van der Waals surface area (Å²) in [6, 6.07) is 13.1. The minimum Gasteiger partial charge on any atom is -0.288 e. The van der Waals surface area contributed by atoms with Gasteiger partial charge in [-0.3, -0.25) is 14.7 Å². The molecular formula is C16H16N2O4S. The Morgan fingerprint density at radius 3 is 2.48 bits per heavy atom. The molecule has 0 heterocycles. The van der Waals surface area contributed by atoms with Gasteiger partial charge >= 0.3 is 0 Å². The Balaban J connectivity index is 2.21. The molecule has 1 amide bonds. The van der Waals surface area contributed by atoms with Gasteiger partial charge in [0.25, 0.3) is 15.9 Å². The molecule has 0 fully saturated rings. The highest BCUT2D eigenvalue weighted by Crippen LogP contribution is 2.18. The zero-order valence-corrected chi connectivity index (χ0v) is 13.2. The van der Waals surface area contributed by atoms with Crippen LogP contribution in [0.15, 0.2) is 59.5 Å². The zero-order valence-electron chi connectivity index (χ0n) is 12.4. The Bertz CT molecular complexity index is 827. The van der Waals surface area contributed by atoms with E-state index in [0.717, 1.165) is 11.6 Å². The second-order valence-corrected chi connectivity index (χ2v) is 6.54. The van der Waals surface area contributed by atoms with E-state index in [0.29, 0.717) is 11.3 Å². The Hall–Kier alpha value is -2.64. The lowest BCUT2D eigenvalue weighted by Gasteiger charge is -2.09. The smallest absolute Gasteiger partial charge is 0.267 e. The number of anilines is 1. The summed E-state index contributed by atoms with van der Waals surface area (Å²) in [6.45, 7) is 1.88. The molecule has 0 saturated heterocycles. The predicted octanol–water partition coefficient (Wildman–Crippen LogP) is 2.31. The molecule has 0 aliphatic heterocycles. The van der Waals surface area contributed by atoms with E-state index in [2.05, 4.69) is 4.72 Å². The molecule has 2 aromatic rings. The van der Waals surface area contributed by atoms with Gasteiger partial charge < -0.3 is 0 Å². The van der Waals surface area contributed by atoms with Crippen LogP contribution in [0.1, 0.15) is 11.1 Å². The molecule has 0 radical (unpaired) electrons. The number of benzene rings is 2. The summed E-state index contributed by atoms with van der Waals surface area (Å²) in [5.74, 6) is -0.671. The van der Waals surface area contributed by atoms with Crippen LogP contribution in [0.5, 0.6) is 0 Å². The van der Waals surface area contributed by atoms with Crippen molar-refractivity contribution in [3.05, 3.63) is 65.7 Å². The van der Waals surface area contributed by atoms with Crippen LogP contribution in [0.25, 0.3) is 6.08 Å². The average molecular weight is 332 g/mol. The van der Waals surface area contributed by atoms with E-state index < -0.39 is 15.9 Å². The lowest BCUT2D eigenvalue weighted by atomic mass is 10.2. The molecule has 6 nitrogen and oxygen atoms in total. The summed E-state index contributed by atoms with van der Waals surface area (Å²) in [4.78, 5) is 11.1. The number of carbonyl (C=O) groups is 1. The van der Waals surface area contributed by atoms with E-state index in [9.17, 15) is 13.2 Å². The van der Waals surface area contributed by atoms with Gasteiger partial charge in [0.15, 0.2) is 0 Å². The molecule has 23 heavy (non-hydrogen) atoms. The van der Waals surface area contributed by atoms with Gasteiger partial charge in [0.05, 0.1) is 4.90 Å². The maximum atomic E-state index is 12.3. The Kier molecular flexibility index (Phi) is 5.15. The molecule has 0 bridgehead atoms. The summed E-state index contributed by atoms with van der Waals surface area (Å²) in [5.41, 5.74) is 3.43. The van der Waals surface area contributed by atoms with Crippen molar-refractivity contribution >= 4 is 27.7 Å². The van der Waals surface area contributed by atoms with Crippen LogP contribution in [0.3, 0.4) is 0 Å². The lowest BCUT2D eigenvalue weighted by molar-refractivity contribution is -0.124. The number of nitrogens with one attached hydrogen (secondary N) is 2. The van der Waals surface area contributed by atoms with Crippen molar-refractivity contribution in [3.63, 3.8) is 0 Å². The van der Waals surface area contributed by atoms with Gasteiger partial charge in [-0.1, -0.05) is 29.8 Å². The number of carbonyl (C=O) groups excluding carboxylic acids is 1. The van der Waals surface area contributed by atoms with Crippen molar-refractivity contribution < 1.29 is 18.4 Å². The number of rotatable bonds is 5. The van der Waals surface area contributed by atoms with E-state index in [1.165, 1.54) is 23.7 Å². The number of sulfonamides is 1. The summed E-state index contributed by atoms with van der Waals surface area (Å²) >= 11 is 0. The molecule has 2 aromatic carbocycles. The molecule has 0 unspecified atom stereocenters. The van der Waals surface area contributed by atoms with Crippen molar-refractivity contribution in [3.8, 4) is 0 Å². The van der Waals surface area contributed by atoms with Crippen LogP contribution in [0.4, 0.5) is 5.69 Å². The fourth-order valence-corrected chi connectivity index (χ4v) is 2.90. The van der Waals surface area contributed by atoms with Gasteiger partial charge in [-0.2, -0.15) is 0 Å². The second-order valence-electron chi connectivity index (χ2n) is 4.85. The van der Waals surface area contributed by atoms with E-state index >= 15 is 0 Å². The Morgan fingerprint density at radius 1 is 1.13 bits per heavy atom. The van der Waals surface area contributed by atoms with Crippen molar-refractivity contribution in [1.82, 2.24) is 5.48 Å². The fraction of sp³-hybridized carbons (Fsp3) is 0.0625. The van der Waals surface area contributed by atoms with Gasteiger partial charge in [0.1, 0.15) is 0 Å². The molecule has 3 N–H and O–H groups in total. The van der Waals surface area contributed by atoms with Crippen LogP contribution in [-0.2, 0) is 14.8 Å². The first-order valence-corrected chi connectivity index (χ1v) is 8.21. The van der Waals surface area contributed by atoms with E-state index in [-0.39, 0.29) is 4.90 Å². The third-order valence-electron chi connectivity index (χ3n) is 3.01. The minimum absolute atomic E-state index is 0.170. The molecule has 120 valence electrons. The van der Waals surface area contributed by atoms with Gasteiger partial charge in [0.2, 0.25) is 0 Å². The van der Waals surface area contributed by atoms with Gasteiger partial charge in [-0.15, -0.1) is 0 Å². The first kappa shape index (κ1) is 16.7. The SMILES string of the molecule is Cc1ccc(S(=O)(=O)Nc2cccc(C=CC(=O)NO)c2)cc1. The van der Waals surface area contributed by atoms with Crippen LogP contribution in [-0.4, -0.2) is 19.5 Å². The van der Waals surface area contributed by atoms with Crippen LogP contribution in [0, 0.1) is 6.92 Å². The van der Waals surface area contributed by atoms with Crippen molar-refractivity contribution in [2.24, 2.45) is 0 Å². The maximum absolute atomic E-state index is 12.3. The fourth-order valence-electron chi connectivity index (χ4n) is 1.85. The highest BCUT2D eigenvalue weighted by atomic mass is 32.2. The molecule has 0 atom stereocenters. The summed E-state index contributed by atoms with van der Waals surface area (Å²) in [7, 11) is -3.68. The zero-order chi connectivity index (χ0) is 16.9. The largest absolute Gasteiger partial charge is 0.288 e. The molecule has 2 rings (SSSR count). The highest BCUT2D eigenvalue weighted by molar-refractivity contribution is 7.92. The first-order chi connectivity index (χ1) is 10.9. The summed E-state index contributed by atoms with van der Waals surface area (Å²) in [6.07, 6.45) is 2.59. The standard InChI is InChI=1S/C16H16N2O4S/c1-12-5-8-15(9-6-12)23(21,22)18-14-4-2-3-13(11-14)7-10-16(19)17-20/h2-11,18,20H,1H3,(H,17,19). The lowest BCUT2D eigenvalue weighted by Crippen LogP contribution is -2.14. The van der Waals surface area contributed by atoms with E-state index in [1.54, 1.807) is 36.4 Å². The van der Waals surface area contributed by atoms with Crippen molar-refractivity contribution in [1.29, 1.82) is 0 Å². The monoisotopic (exact) mass is 332 g/mol. The minimum atomic E-state index is -3.68. The van der Waals surface area contributed by atoms with Crippen molar-refractivity contribution in [2.45, 2.75) is 11.8 Å². The number of hydroxylamine groups is 1. The molecule has 0 aromatic heterocycles. The highest BCUT2D eigenvalue weighted by Gasteiger charge is 2.13. The molecule has 7 heteroatoms. The number of amides is 1. The van der Waals surface area contributed by atoms with E-state index in [1.807, 2.05) is 6.92 Å². The maximum Gasteiger partial charge on any atom is 0.267 e. The van der Waals surface area contributed by atoms with Crippen LogP contribution < -0.4 is 10.2 Å². The molecular weight excluding hydrogens is 316 g/mol. The second kappa shape index (κ2) is 7.08. The molecule has 0 aliphatic carbocycles. The number of aryl methyl sites for hydroxylation is 1. The van der Waals surface area contributed by atoms with Gasteiger partial charge in [-0.05, 0) is 42.8 Å². The van der Waals surface area contributed by atoms with Crippen molar-refractivity contribution in [2.75, 3.05) is 4.72 Å². The van der Waals surface area contributed by atoms with E-state index in [4.69, 9.17) is 5.21 Å². The third kappa shape index (κ3) is 4.67. The normalized spacial score (nSPS) is 11.4. The van der Waals surface area contributed by atoms with Crippen LogP contribution in [0.2, 0.25) is 0 Å². The van der Waals surface area contributed by atoms with Gasteiger partial charge in [-0.25, -0.2) is 13.9 Å². The quantitative estimate of drug-likeness (QED) is 0.445. The Morgan fingerprint density at radius 2 is 1.83 bits per heavy atom. The van der Waals surface area contributed by atoms with Crippen LogP contribution >= 0.6 is 0 Å². The predicted molar refractivity (Wildman–Crippen MR) is 87.4 cm³/mol.